The highest BCUT2D eigenvalue weighted by molar-refractivity contribution is 7.90. The molecule has 0 aliphatic rings. The molecule has 106 valence electrons. The number of hydrogen-bond acceptors (Lipinski definition) is 3. The molecule has 0 radical (unpaired) electrons. The van der Waals surface area contributed by atoms with E-state index < -0.39 is 15.9 Å². The van der Waals surface area contributed by atoms with Gasteiger partial charge in [0.1, 0.15) is 5.82 Å². The van der Waals surface area contributed by atoms with E-state index >= 15 is 0 Å². The monoisotopic (exact) mass is 293 g/mol. The van der Waals surface area contributed by atoms with E-state index in [2.05, 4.69) is 0 Å². The summed E-state index contributed by atoms with van der Waals surface area (Å²) in [5.41, 5.74) is 8.53. The van der Waals surface area contributed by atoms with Crippen molar-refractivity contribution >= 4 is 9.84 Å². The lowest BCUT2D eigenvalue weighted by Crippen LogP contribution is -2.13. The second-order valence-electron chi connectivity index (χ2n) is 4.82. The summed E-state index contributed by atoms with van der Waals surface area (Å²) in [6.45, 7) is 1.79. The van der Waals surface area contributed by atoms with Crippen LogP contribution in [0.15, 0.2) is 47.4 Å². The molecule has 0 aliphatic carbocycles. The van der Waals surface area contributed by atoms with E-state index in [9.17, 15) is 12.8 Å². The first-order chi connectivity index (χ1) is 9.29. The van der Waals surface area contributed by atoms with Crippen LogP contribution in [0.25, 0.3) is 0 Å². The lowest BCUT2D eigenvalue weighted by Gasteiger charge is -2.15. The third-order valence-electron chi connectivity index (χ3n) is 3.23. The van der Waals surface area contributed by atoms with E-state index in [0.29, 0.717) is 0 Å². The first-order valence-corrected chi connectivity index (χ1v) is 8.00. The zero-order chi connectivity index (χ0) is 14.9. The highest BCUT2D eigenvalue weighted by Gasteiger charge is 2.13. The van der Waals surface area contributed by atoms with Crippen LogP contribution >= 0.6 is 0 Å². The number of benzene rings is 2. The minimum Gasteiger partial charge on any atom is -0.320 e. The van der Waals surface area contributed by atoms with Crippen molar-refractivity contribution in [2.45, 2.75) is 17.9 Å². The average Bonchev–Trinajstić information content (AvgIpc) is 2.37. The molecule has 0 aliphatic heterocycles. The molecule has 3 nitrogen and oxygen atoms in total. The Morgan fingerprint density at radius 2 is 1.70 bits per heavy atom. The molecular weight excluding hydrogens is 277 g/mol. The van der Waals surface area contributed by atoms with Crippen LogP contribution in [0.4, 0.5) is 4.39 Å². The van der Waals surface area contributed by atoms with Crippen molar-refractivity contribution in [2.75, 3.05) is 6.26 Å². The van der Waals surface area contributed by atoms with Gasteiger partial charge in [-0.25, -0.2) is 12.8 Å². The maximum atomic E-state index is 13.1. The molecule has 0 amide bonds. The van der Waals surface area contributed by atoms with Gasteiger partial charge in [-0.3, -0.25) is 0 Å². The van der Waals surface area contributed by atoms with Crippen molar-refractivity contribution in [1.29, 1.82) is 0 Å². The van der Waals surface area contributed by atoms with Crippen LogP contribution in [0.5, 0.6) is 0 Å². The first kappa shape index (κ1) is 14.7. The van der Waals surface area contributed by atoms with Crippen molar-refractivity contribution < 1.29 is 12.8 Å². The van der Waals surface area contributed by atoms with Crippen LogP contribution in [-0.2, 0) is 9.84 Å². The van der Waals surface area contributed by atoms with Crippen molar-refractivity contribution in [3.05, 3.63) is 65.0 Å². The summed E-state index contributed by atoms with van der Waals surface area (Å²) < 4.78 is 35.9. The molecular formula is C15H16FNO2S. The molecule has 2 rings (SSSR count). The third-order valence-corrected chi connectivity index (χ3v) is 4.36. The quantitative estimate of drug-likeness (QED) is 0.946. The molecule has 0 spiro atoms. The van der Waals surface area contributed by atoms with E-state index in [1.807, 2.05) is 0 Å². The Kier molecular flexibility index (Phi) is 3.92. The van der Waals surface area contributed by atoms with E-state index in [0.717, 1.165) is 22.9 Å². The summed E-state index contributed by atoms with van der Waals surface area (Å²) >= 11 is 0. The highest BCUT2D eigenvalue weighted by Crippen LogP contribution is 2.24. The summed E-state index contributed by atoms with van der Waals surface area (Å²) in [6.07, 6.45) is 1.16. The SMILES string of the molecule is Cc1cc(F)ccc1C(N)c1ccc(S(C)(=O)=O)cc1. The topological polar surface area (TPSA) is 60.2 Å². The van der Waals surface area contributed by atoms with Gasteiger partial charge < -0.3 is 5.73 Å². The van der Waals surface area contributed by atoms with Gasteiger partial charge in [0, 0.05) is 6.26 Å². The van der Waals surface area contributed by atoms with Gasteiger partial charge >= 0.3 is 0 Å². The predicted molar refractivity (Wildman–Crippen MR) is 76.7 cm³/mol. The van der Waals surface area contributed by atoms with E-state index in [1.54, 1.807) is 25.1 Å². The second kappa shape index (κ2) is 5.34. The van der Waals surface area contributed by atoms with Crippen LogP contribution in [-0.4, -0.2) is 14.7 Å². The van der Waals surface area contributed by atoms with Gasteiger partial charge in [0.05, 0.1) is 10.9 Å². The molecule has 1 atom stereocenters. The maximum absolute atomic E-state index is 13.1. The third kappa shape index (κ3) is 3.05. The van der Waals surface area contributed by atoms with Gasteiger partial charge in [-0.05, 0) is 47.9 Å². The summed E-state index contributed by atoms with van der Waals surface area (Å²) in [4.78, 5) is 0.254. The van der Waals surface area contributed by atoms with Crippen molar-refractivity contribution in [3.8, 4) is 0 Å². The Labute approximate surface area is 118 Å². The van der Waals surface area contributed by atoms with Crippen LogP contribution in [0, 0.1) is 12.7 Å². The van der Waals surface area contributed by atoms with Crippen molar-refractivity contribution in [2.24, 2.45) is 5.73 Å². The molecule has 5 heteroatoms. The van der Waals surface area contributed by atoms with Gasteiger partial charge in [-0.15, -0.1) is 0 Å². The van der Waals surface area contributed by atoms with Gasteiger partial charge in [-0.1, -0.05) is 18.2 Å². The molecule has 2 N–H and O–H groups in total. The summed E-state index contributed by atoms with van der Waals surface area (Å²) in [5.74, 6) is -0.300. The molecule has 0 saturated heterocycles. The molecule has 1 unspecified atom stereocenters. The van der Waals surface area contributed by atoms with Crippen LogP contribution in [0.2, 0.25) is 0 Å². The first-order valence-electron chi connectivity index (χ1n) is 6.10. The number of rotatable bonds is 3. The average molecular weight is 293 g/mol. The molecule has 20 heavy (non-hydrogen) atoms. The Morgan fingerprint density at radius 1 is 1.10 bits per heavy atom. The standard InChI is InChI=1S/C15H16FNO2S/c1-10-9-12(16)5-8-14(10)15(17)11-3-6-13(7-4-11)20(2,18)19/h3-9,15H,17H2,1-2H3. The minimum atomic E-state index is -3.21. The fraction of sp³-hybridized carbons (Fsp3) is 0.200. The minimum absolute atomic E-state index is 0.254. The van der Waals surface area contributed by atoms with E-state index in [4.69, 9.17) is 5.73 Å². The predicted octanol–water partition coefficient (Wildman–Crippen LogP) is 2.59. The lowest BCUT2D eigenvalue weighted by atomic mass is 9.96. The van der Waals surface area contributed by atoms with Crippen molar-refractivity contribution in [1.82, 2.24) is 0 Å². The molecule has 2 aromatic rings. The Bertz CT molecular complexity index is 724. The Balaban J connectivity index is 2.36. The van der Waals surface area contributed by atoms with Gasteiger partial charge in [-0.2, -0.15) is 0 Å². The van der Waals surface area contributed by atoms with Gasteiger partial charge in [0.2, 0.25) is 0 Å². The van der Waals surface area contributed by atoms with Crippen LogP contribution < -0.4 is 5.73 Å². The largest absolute Gasteiger partial charge is 0.320 e. The second-order valence-corrected chi connectivity index (χ2v) is 6.84. The Morgan fingerprint density at radius 3 is 2.20 bits per heavy atom. The number of aryl methyl sites for hydroxylation is 1. The zero-order valence-electron chi connectivity index (χ0n) is 11.3. The molecule has 0 fully saturated rings. The summed E-state index contributed by atoms with van der Waals surface area (Å²) in [6, 6.07) is 10.5. The molecule has 2 aromatic carbocycles. The molecule has 0 heterocycles. The fourth-order valence-electron chi connectivity index (χ4n) is 2.09. The number of sulfone groups is 1. The highest BCUT2D eigenvalue weighted by atomic mass is 32.2. The van der Waals surface area contributed by atoms with E-state index in [-0.39, 0.29) is 10.7 Å². The van der Waals surface area contributed by atoms with Crippen molar-refractivity contribution in [3.63, 3.8) is 0 Å². The Hall–Kier alpha value is -1.72. The van der Waals surface area contributed by atoms with Crippen LogP contribution in [0.3, 0.4) is 0 Å². The lowest BCUT2D eigenvalue weighted by molar-refractivity contribution is 0.601. The fourth-order valence-corrected chi connectivity index (χ4v) is 2.72. The number of halogens is 1. The molecule has 0 bridgehead atoms. The normalized spacial score (nSPS) is 13.2. The molecule has 0 aromatic heterocycles. The number of nitrogens with two attached hydrogens (primary N) is 1. The summed E-state index contributed by atoms with van der Waals surface area (Å²) in [5, 5.41) is 0. The van der Waals surface area contributed by atoms with E-state index in [1.165, 1.54) is 24.3 Å². The maximum Gasteiger partial charge on any atom is 0.175 e. The zero-order valence-corrected chi connectivity index (χ0v) is 12.1. The van der Waals surface area contributed by atoms with Gasteiger partial charge in [0.25, 0.3) is 0 Å². The smallest absolute Gasteiger partial charge is 0.175 e. The van der Waals surface area contributed by atoms with Gasteiger partial charge in [0.15, 0.2) is 9.84 Å². The summed E-state index contributed by atoms with van der Waals surface area (Å²) in [7, 11) is -3.21. The molecule has 0 saturated carbocycles. The van der Waals surface area contributed by atoms with Crippen LogP contribution in [0.1, 0.15) is 22.7 Å². The number of hydrogen-bond donors (Lipinski definition) is 1.